The van der Waals surface area contributed by atoms with E-state index in [0.717, 1.165) is 49.3 Å². The third-order valence-electron chi connectivity index (χ3n) is 6.71. The Hall–Kier alpha value is -1.94. The highest BCUT2D eigenvalue weighted by Crippen LogP contribution is 2.41. The molecule has 2 aliphatic rings. The van der Waals surface area contributed by atoms with Crippen LogP contribution in [0.3, 0.4) is 0 Å². The van der Waals surface area contributed by atoms with Crippen molar-refractivity contribution < 1.29 is 22.4 Å². The number of carbonyl (C=O) groups is 2. The van der Waals surface area contributed by atoms with E-state index in [1.165, 1.54) is 6.26 Å². The Morgan fingerprint density at radius 1 is 1.24 bits per heavy atom. The Labute approximate surface area is 197 Å². The zero-order chi connectivity index (χ0) is 24.3. The number of hydrogen-bond acceptors (Lipinski definition) is 7. The van der Waals surface area contributed by atoms with Crippen molar-refractivity contribution in [2.45, 2.75) is 78.4 Å². The standard InChI is InChI=1S/C23H38N4O5S/c1-6-8-11-25(12-9-7-2)14-19-24-17(15-32-19)22(28)26-13-10-18-21(26)20(16(3)4)23(29)27(18)33(5,30)31/h15-16,18,20-21H,6-14H2,1-5H3/t18-,20+,21-/m1/s1. The van der Waals surface area contributed by atoms with Crippen LogP contribution in [0.25, 0.3) is 0 Å². The summed E-state index contributed by atoms with van der Waals surface area (Å²) in [6, 6.07) is -1.00. The van der Waals surface area contributed by atoms with Gasteiger partial charge in [0.15, 0.2) is 5.69 Å². The average Bonchev–Trinajstić information content (AvgIpc) is 3.42. The van der Waals surface area contributed by atoms with Gasteiger partial charge in [-0.1, -0.05) is 40.5 Å². The molecular weight excluding hydrogens is 444 g/mol. The molecule has 0 bridgehead atoms. The van der Waals surface area contributed by atoms with Crippen LogP contribution in [0, 0.1) is 11.8 Å². The van der Waals surface area contributed by atoms with E-state index < -0.39 is 33.9 Å². The Bertz CT molecular complexity index is 936. The number of fused-ring (bicyclic) bond motifs is 1. The van der Waals surface area contributed by atoms with E-state index in [4.69, 9.17) is 4.42 Å². The summed E-state index contributed by atoms with van der Waals surface area (Å²) < 4.78 is 31.3. The molecule has 10 heteroatoms. The highest BCUT2D eigenvalue weighted by molar-refractivity contribution is 7.88. The zero-order valence-corrected chi connectivity index (χ0v) is 21.3. The highest BCUT2D eigenvalue weighted by Gasteiger charge is 2.58. The van der Waals surface area contributed by atoms with Crippen LogP contribution in [0.4, 0.5) is 0 Å². The lowest BCUT2D eigenvalue weighted by Gasteiger charge is -2.28. The van der Waals surface area contributed by atoms with E-state index in [1.54, 1.807) is 4.90 Å². The lowest BCUT2D eigenvalue weighted by atomic mass is 9.88. The summed E-state index contributed by atoms with van der Waals surface area (Å²) in [4.78, 5) is 34.7. The molecule has 2 aliphatic heterocycles. The summed E-state index contributed by atoms with van der Waals surface area (Å²) >= 11 is 0. The lowest BCUT2D eigenvalue weighted by molar-refractivity contribution is -0.129. The van der Waals surface area contributed by atoms with E-state index >= 15 is 0 Å². The van der Waals surface area contributed by atoms with Crippen molar-refractivity contribution in [3.63, 3.8) is 0 Å². The fourth-order valence-corrected chi connectivity index (χ4v) is 6.29. The molecule has 0 aromatic carbocycles. The van der Waals surface area contributed by atoms with Gasteiger partial charge < -0.3 is 9.32 Å². The molecule has 1 aromatic rings. The van der Waals surface area contributed by atoms with Crippen molar-refractivity contribution in [1.29, 1.82) is 0 Å². The van der Waals surface area contributed by atoms with Crippen LogP contribution in [-0.4, -0.2) is 77.3 Å². The fraction of sp³-hybridized carbons (Fsp3) is 0.783. The molecule has 0 radical (unpaired) electrons. The molecule has 0 N–H and O–H groups in total. The molecule has 3 atom stereocenters. The van der Waals surface area contributed by atoms with Crippen LogP contribution < -0.4 is 0 Å². The maximum Gasteiger partial charge on any atom is 0.276 e. The summed E-state index contributed by atoms with van der Waals surface area (Å²) in [6.45, 7) is 10.9. The number of unbranched alkanes of at least 4 members (excludes halogenated alkanes) is 2. The van der Waals surface area contributed by atoms with Gasteiger partial charge in [-0.3, -0.25) is 14.5 Å². The Morgan fingerprint density at radius 2 is 1.88 bits per heavy atom. The summed E-state index contributed by atoms with van der Waals surface area (Å²) in [5.74, 6) is -0.866. The predicted molar refractivity (Wildman–Crippen MR) is 125 cm³/mol. The summed E-state index contributed by atoms with van der Waals surface area (Å²) in [5, 5.41) is 0. The number of amides is 2. The minimum Gasteiger partial charge on any atom is -0.447 e. The number of rotatable bonds is 11. The number of oxazole rings is 1. The average molecular weight is 483 g/mol. The van der Waals surface area contributed by atoms with Crippen molar-refractivity contribution in [3.05, 3.63) is 17.8 Å². The van der Waals surface area contributed by atoms with Gasteiger partial charge in [0, 0.05) is 6.54 Å². The predicted octanol–water partition coefficient (Wildman–Crippen LogP) is 2.73. The minimum atomic E-state index is -3.70. The molecule has 33 heavy (non-hydrogen) atoms. The van der Waals surface area contributed by atoms with Gasteiger partial charge in [-0.25, -0.2) is 17.7 Å². The van der Waals surface area contributed by atoms with Crippen molar-refractivity contribution in [2.75, 3.05) is 25.9 Å². The van der Waals surface area contributed by atoms with E-state index in [-0.39, 0.29) is 17.5 Å². The second-order valence-electron chi connectivity index (χ2n) is 9.62. The van der Waals surface area contributed by atoms with Gasteiger partial charge in [-0.05, 0) is 38.3 Å². The van der Waals surface area contributed by atoms with E-state index in [2.05, 4.69) is 23.7 Å². The first-order valence-electron chi connectivity index (χ1n) is 12.1. The Kier molecular flexibility index (Phi) is 8.21. The van der Waals surface area contributed by atoms with Crippen molar-refractivity contribution in [1.82, 2.24) is 19.1 Å². The number of carbonyl (C=O) groups excluding carboxylic acids is 2. The SMILES string of the molecule is CCCCN(CCCC)Cc1nc(C(=O)N2CC[C@@H]3[C@@H]2[C@H](C(C)C)C(=O)N3S(C)(=O)=O)co1. The third kappa shape index (κ3) is 5.42. The van der Waals surface area contributed by atoms with Gasteiger partial charge in [-0.2, -0.15) is 0 Å². The molecule has 2 amide bonds. The first-order valence-corrected chi connectivity index (χ1v) is 14.0. The van der Waals surface area contributed by atoms with Crippen LogP contribution in [-0.2, 0) is 21.4 Å². The monoisotopic (exact) mass is 482 g/mol. The first-order chi connectivity index (χ1) is 15.6. The van der Waals surface area contributed by atoms with Gasteiger partial charge in [0.25, 0.3) is 5.91 Å². The molecular formula is C23H38N4O5S. The molecule has 0 aliphatic carbocycles. The van der Waals surface area contributed by atoms with Crippen molar-refractivity contribution in [3.8, 4) is 0 Å². The zero-order valence-electron chi connectivity index (χ0n) is 20.5. The highest BCUT2D eigenvalue weighted by atomic mass is 32.2. The summed E-state index contributed by atoms with van der Waals surface area (Å²) in [5.41, 5.74) is 0.212. The first kappa shape index (κ1) is 25.7. The molecule has 2 fully saturated rings. The summed E-state index contributed by atoms with van der Waals surface area (Å²) in [7, 11) is -3.70. The maximum atomic E-state index is 13.4. The second kappa shape index (κ2) is 10.5. The number of aromatic nitrogens is 1. The molecule has 9 nitrogen and oxygen atoms in total. The van der Waals surface area contributed by atoms with Gasteiger partial charge in [-0.15, -0.1) is 0 Å². The van der Waals surface area contributed by atoms with Crippen LogP contribution in [0.2, 0.25) is 0 Å². The van der Waals surface area contributed by atoms with Gasteiger partial charge in [0.05, 0.1) is 30.8 Å². The molecule has 3 rings (SSSR count). The third-order valence-corrected chi connectivity index (χ3v) is 7.88. The quantitative estimate of drug-likeness (QED) is 0.478. The normalized spacial score (nSPS) is 23.2. The molecule has 1 aromatic heterocycles. The van der Waals surface area contributed by atoms with Crippen molar-refractivity contribution in [2.24, 2.45) is 11.8 Å². The molecule has 0 spiro atoms. The van der Waals surface area contributed by atoms with Gasteiger partial charge in [0.2, 0.25) is 21.8 Å². The van der Waals surface area contributed by atoms with Crippen molar-refractivity contribution >= 4 is 21.8 Å². The largest absolute Gasteiger partial charge is 0.447 e. The molecule has 0 saturated carbocycles. The molecule has 186 valence electrons. The molecule has 2 saturated heterocycles. The van der Waals surface area contributed by atoms with Crippen LogP contribution in [0.5, 0.6) is 0 Å². The number of nitrogens with zero attached hydrogens (tertiary/aromatic N) is 4. The van der Waals surface area contributed by atoms with E-state index in [9.17, 15) is 18.0 Å². The number of likely N-dealkylation sites (tertiary alicyclic amines) is 1. The maximum absolute atomic E-state index is 13.4. The van der Waals surface area contributed by atoms with E-state index in [0.29, 0.717) is 25.4 Å². The van der Waals surface area contributed by atoms with Gasteiger partial charge >= 0.3 is 0 Å². The van der Waals surface area contributed by atoms with Crippen LogP contribution in [0.15, 0.2) is 10.7 Å². The minimum absolute atomic E-state index is 0.0938. The van der Waals surface area contributed by atoms with Crippen LogP contribution in [0.1, 0.15) is 76.2 Å². The van der Waals surface area contributed by atoms with Gasteiger partial charge in [0.1, 0.15) is 6.26 Å². The topological polar surface area (TPSA) is 104 Å². The Balaban J connectivity index is 1.78. The lowest BCUT2D eigenvalue weighted by Crippen LogP contribution is -2.44. The molecule has 0 unspecified atom stereocenters. The Morgan fingerprint density at radius 3 is 2.42 bits per heavy atom. The smallest absolute Gasteiger partial charge is 0.276 e. The van der Waals surface area contributed by atoms with E-state index in [1.807, 2.05) is 13.8 Å². The number of hydrogen-bond donors (Lipinski definition) is 0. The second-order valence-corrected chi connectivity index (χ2v) is 11.5. The molecule has 3 heterocycles. The summed E-state index contributed by atoms with van der Waals surface area (Å²) in [6.07, 6.45) is 7.28. The van der Waals surface area contributed by atoms with Crippen LogP contribution >= 0.6 is 0 Å². The number of sulfonamides is 1. The fourth-order valence-electron chi connectivity index (χ4n) is 5.12.